The summed E-state index contributed by atoms with van der Waals surface area (Å²) in [5, 5.41) is 2.49. The van der Waals surface area contributed by atoms with Crippen LogP contribution in [0.15, 0.2) is 48.5 Å². The highest BCUT2D eigenvalue weighted by atomic mass is 19.4. The molecule has 0 radical (unpaired) electrons. The number of carbonyl (C=O) groups excluding carboxylic acids is 4. The third-order valence-electron chi connectivity index (χ3n) is 5.63. The van der Waals surface area contributed by atoms with Crippen LogP contribution in [0, 0.1) is 0 Å². The van der Waals surface area contributed by atoms with Gasteiger partial charge in [0, 0.05) is 13.1 Å². The van der Waals surface area contributed by atoms with Gasteiger partial charge in [-0.3, -0.25) is 24.1 Å². The van der Waals surface area contributed by atoms with Crippen molar-refractivity contribution in [3.63, 3.8) is 0 Å². The van der Waals surface area contributed by atoms with Gasteiger partial charge in [0.2, 0.25) is 11.8 Å². The minimum Gasteiger partial charge on any atom is -0.352 e. The van der Waals surface area contributed by atoms with E-state index in [1.165, 1.54) is 31.2 Å². The first-order valence-corrected chi connectivity index (χ1v) is 9.84. The molecule has 2 aromatic carbocycles. The lowest BCUT2D eigenvalue weighted by Crippen LogP contribution is -2.57. The van der Waals surface area contributed by atoms with Crippen molar-refractivity contribution in [1.29, 1.82) is 0 Å². The average molecular weight is 445 g/mol. The average Bonchev–Trinajstić information content (AvgIpc) is 3.02. The van der Waals surface area contributed by atoms with Gasteiger partial charge < -0.3 is 10.2 Å². The van der Waals surface area contributed by atoms with Gasteiger partial charge in [-0.25, -0.2) is 0 Å². The zero-order valence-corrected chi connectivity index (χ0v) is 16.8. The Hall–Kier alpha value is -3.69. The number of hydrogen-bond acceptors (Lipinski definition) is 4. The first-order valence-electron chi connectivity index (χ1n) is 9.84. The summed E-state index contributed by atoms with van der Waals surface area (Å²) in [5.74, 6) is -2.90. The van der Waals surface area contributed by atoms with Crippen LogP contribution in [0.1, 0.15) is 44.8 Å². The van der Waals surface area contributed by atoms with Gasteiger partial charge in [-0.1, -0.05) is 30.3 Å². The molecule has 2 aromatic rings. The van der Waals surface area contributed by atoms with E-state index >= 15 is 0 Å². The van der Waals surface area contributed by atoms with E-state index in [0.717, 1.165) is 21.9 Å². The zero-order chi connectivity index (χ0) is 23.2. The van der Waals surface area contributed by atoms with Crippen molar-refractivity contribution in [3.8, 4) is 0 Å². The SMILES string of the molecule is C[C@H](C(=O)N1CCNC(=O)C1c1ccccc1C(F)(F)F)N1C(=O)c2ccccc2C1=O. The van der Waals surface area contributed by atoms with Gasteiger partial charge in [0.25, 0.3) is 11.8 Å². The van der Waals surface area contributed by atoms with Gasteiger partial charge in [0.15, 0.2) is 0 Å². The van der Waals surface area contributed by atoms with E-state index in [1.54, 1.807) is 12.1 Å². The summed E-state index contributed by atoms with van der Waals surface area (Å²) in [6, 6.07) is 7.76. The summed E-state index contributed by atoms with van der Waals surface area (Å²) < 4.78 is 40.8. The summed E-state index contributed by atoms with van der Waals surface area (Å²) in [5.41, 5.74) is -1.12. The van der Waals surface area contributed by atoms with Gasteiger partial charge in [-0.05, 0) is 30.7 Å². The number of benzene rings is 2. The Kier molecular flexibility index (Phi) is 5.23. The molecule has 2 atom stereocenters. The molecule has 0 saturated carbocycles. The number of hydrogen-bond donors (Lipinski definition) is 1. The number of rotatable bonds is 3. The Morgan fingerprint density at radius 1 is 1.00 bits per heavy atom. The molecule has 1 N–H and O–H groups in total. The van der Waals surface area contributed by atoms with Crippen molar-refractivity contribution in [2.45, 2.75) is 25.2 Å². The van der Waals surface area contributed by atoms with Crippen molar-refractivity contribution in [2.24, 2.45) is 0 Å². The quantitative estimate of drug-likeness (QED) is 0.736. The number of halogens is 3. The Balaban J connectivity index is 1.70. The van der Waals surface area contributed by atoms with Crippen molar-refractivity contribution < 1.29 is 32.3 Å². The largest absolute Gasteiger partial charge is 0.416 e. The van der Waals surface area contributed by atoms with Crippen molar-refractivity contribution in [2.75, 3.05) is 13.1 Å². The van der Waals surface area contributed by atoms with Gasteiger partial charge in [0.1, 0.15) is 12.1 Å². The molecule has 1 fully saturated rings. The maximum Gasteiger partial charge on any atom is 0.416 e. The molecule has 0 aromatic heterocycles. The van der Waals surface area contributed by atoms with E-state index in [1.807, 2.05) is 0 Å². The van der Waals surface area contributed by atoms with E-state index in [-0.39, 0.29) is 29.8 Å². The van der Waals surface area contributed by atoms with E-state index in [4.69, 9.17) is 0 Å². The molecule has 0 spiro atoms. The van der Waals surface area contributed by atoms with Crippen molar-refractivity contribution >= 4 is 23.6 Å². The smallest absolute Gasteiger partial charge is 0.352 e. The Morgan fingerprint density at radius 3 is 2.16 bits per heavy atom. The minimum absolute atomic E-state index is 0.0318. The summed E-state index contributed by atoms with van der Waals surface area (Å²) in [6.45, 7) is 1.28. The molecule has 0 aliphatic carbocycles. The highest BCUT2D eigenvalue weighted by Gasteiger charge is 2.46. The van der Waals surface area contributed by atoms with Crippen LogP contribution in [-0.4, -0.2) is 52.6 Å². The lowest BCUT2D eigenvalue weighted by molar-refractivity contribution is -0.148. The highest BCUT2D eigenvalue weighted by molar-refractivity contribution is 6.22. The number of nitrogens with one attached hydrogen (secondary N) is 1. The summed E-state index contributed by atoms with van der Waals surface area (Å²) >= 11 is 0. The van der Waals surface area contributed by atoms with Crippen LogP contribution in [0.25, 0.3) is 0 Å². The number of nitrogens with zero attached hydrogens (tertiary/aromatic N) is 2. The second-order valence-electron chi connectivity index (χ2n) is 7.51. The fourth-order valence-electron chi connectivity index (χ4n) is 4.12. The van der Waals surface area contributed by atoms with Gasteiger partial charge in [0.05, 0.1) is 16.7 Å². The normalized spacial score (nSPS) is 19.6. The van der Waals surface area contributed by atoms with Crippen LogP contribution in [0.5, 0.6) is 0 Å². The predicted octanol–water partition coefficient (Wildman–Crippen LogP) is 2.39. The van der Waals surface area contributed by atoms with Crippen LogP contribution in [-0.2, 0) is 15.8 Å². The lowest BCUT2D eigenvalue weighted by Gasteiger charge is -2.38. The third-order valence-corrected chi connectivity index (χ3v) is 5.63. The van der Waals surface area contributed by atoms with Gasteiger partial charge in [-0.2, -0.15) is 13.2 Å². The molecule has 4 rings (SSSR count). The maximum absolute atomic E-state index is 13.6. The molecule has 1 saturated heterocycles. The lowest BCUT2D eigenvalue weighted by atomic mass is 9.95. The number of carbonyl (C=O) groups is 4. The molecule has 10 heteroatoms. The summed E-state index contributed by atoms with van der Waals surface area (Å²) in [4.78, 5) is 53.2. The van der Waals surface area contributed by atoms with Crippen LogP contribution >= 0.6 is 0 Å². The van der Waals surface area contributed by atoms with Crippen LogP contribution < -0.4 is 5.32 Å². The second-order valence-corrected chi connectivity index (χ2v) is 7.51. The van der Waals surface area contributed by atoms with E-state index in [2.05, 4.69) is 5.32 Å². The van der Waals surface area contributed by atoms with E-state index in [0.29, 0.717) is 0 Å². The molecule has 166 valence electrons. The molecule has 32 heavy (non-hydrogen) atoms. The first-order chi connectivity index (χ1) is 15.1. The molecule has 2 aliphatic heterocycles. The monoisotopic (exact) mass is 445 g/mol. The Bertz CT molecular complexity index is 1100. The topological polar surface area (TPSA) is 86.8 Å². The zero-order valence-electron chi connectivity index (χ0n) is 16.8. The van der Waals surface area contributed by atoms with Crippen LogP contribution in [0.3, 0.4) is 0 Å². The van der Waals surface area contributed by atoms with E-state index in [9.17, 15) is 32.3 Å². The van der Waals surface area contributed by atoms with Crippen molar-refractivity contribution in [1.82, 2.24) is 15.1 Å². The molecular weight excluding hydrogens is 427 g/mol. The Morgan fingerprint density at radius 2 is 1.56 bits per heavy atom. The molecule has 4 amide bonds. The number of amides is 4. The van der Waals surface area contributed by atoms with Gasteiger partial charge in [-0.15, -0.1) is 0 Å². The molecule has 7 nitrogen and oxygen atoms in total. The number of alkyl halides is 3. The fourth-order valence-corrected chi connectivity index (χ4v) is 4.12. The number of fused-ring (bicyclic) bond motifs is 1. The predicted molar refractivity (Wildman–Crippen MR) is 105 cm³/mol. The summed E-state index contributed by atoms with van der Waals surface area (Å²) in [7, 11) is 0. The maximum atomic E-state index is 13.6. The fraction of sp³-hybridized carbons (Fsp3) is 0.273. The molecule has 1 unspecified atom stereocenters. The van der Waals surface area contributed by atoms with E-state index < -0.39 is 47.5 Å². The Labute approximate surface area is 180 Å². The molecular formula is C22H18F3N3O4. The molecule has 0 bridgehead atoms. The number of piperazine rings is 1. The first kappa shape index (κ1) is 21.5. The molecule has 2 aliphatic rings. The number of imide groups is 1. The molecule has 2 heterocycles. The van der Waals surface area contributed by atoms with Crippen LogP contribution in [0.4, 0.5) is 13.2 Å². The van der Waals surface area contributed by atoms with Gasteiger partial charge >= 0.3 is 6.18 Å². The van der Waals surface area contributed by atoms with Crippen LogP contribution in [0.2, 0.25) is 0 Å². The summed E-state index contributed by atoms with van der Waals surface area (Å²) in [6.07, 6.45) is -4.74. The third kappa shape index (κ3) is 3.41. The minimum atomic E-state index is -4.74. The second kappa shape index (κ2) is 7.77. The van der Waals surface area contributed by atoms with Crippen molar-refractivity contribution in [3.05, 3.63) is 70.8 Å². The standard InChI is InChI=1S/C22H18F3N3O4/c1-12(28-20(31)13-6-2-3-7-14(13)21(28)32)19(30)27-11-10-26-18(29)17(27)15-8-4-5-9-16(15)22(23,24)25/h2-9,12,17H,10-11H2,1H3,(H,26,29)/t12-,17?/m1/s1. The highest BCUT2D eigenvalue weighted by Crippen LogP contribution is 2.37.